The highest BCUT2D eigenvalue weighted by Crippen LogP contribution is 2.17. The first-order chi connectivity index (χ1) is 7.69. The van der Waals surface area contributed by atoms with Gasteiger partial charge in [0.1, 0.15) is 0 Å². The van der Waals surface area contributed by atoms with E-state index in [1.54, 1.807) is 0 Å². The van der Waals surface area contributed by atoms with E-state index in [-0.39, 0.29) is 6.04 Å². The number of rotatable bonds is 6. The van der Waals surface area contributed by atoms with E-state index in [1.807, 2.05) is 18.2 Å². The Balaban J connectivity index is 2.54. The van der Waals surface area contributed by atoms with Crippen LogP contribution in [0.3, 0.4) is 0 Å². The van der Waals surface area contributed by atoms with Gasteiger partial charge in [-0.3, -0.25) is 0 Å². The molecule has 16 heavy (non-hydrogen) atoms. The molecule has 0 aromatic heterocycles. The van der Waals surface area contributed by atoms with Gasteiger partial charge in [-0.2, -0.15) is 0 Å². The first-order valence-electron chi connectivity index (χ1n) is 6.16. The van der Waals surface area contributed by atoms with Crippen LogP contribution in [0.4, 0.5) is 0 Å². The van der Waals surface area contributed by atoms with Gasteiger partial charge in [0.2, 0.25) is 0 Å². The van der Waals surface area contributed by atoms with Crippen LogP contribution >= 0.6 is 0 Å². The minimum atomic E-state index is -0.393. The van der Waals surface area contributed by atoms with Crippen LogP contribution in [0.15, 0.2) is 30.3 Å². The Bertz CT molecular complexity index is 282. The first-order valence-corrected chi connectivity index (χ1v) is 6.16. The van der Waals surface area contributed by atoms with Crippen molar-refractivity contribution in [3.05, 3.63) is 35.9 Å². The molecular formula is C14H23NO. The number of aliphatic hydroxyl groups is 1. The van der Waals surface area contributed by atoms with Crippen molar-refractivity contribution in [3.63, 3.8) is 0 Å². The molecule has 1 aromatic carbocycles. The van der Waals surface area contributed by atoms with E-state index in [0.29, 0.717) is 5.92 Å². The summed E-state index contributed by atoms with van der Waals surface area (Å²) in [5.74, 6) is 0.318. The standard InChI is InChI=1S/C14H23NO/c1-3-12(4-2)14(16)13(15)10-11-8-6-5-7-9-11/h5-9,12-14,16H,3-4,10,15H2,1-2H3. The van der Waals surface area contributed by atoms with E-state index in [9.17, 15) is 5.11 Å². The Morgan fingerprint density at radius 3 is 2.19 bits per heavy atom. The number of aliphatic hydroxyl groups excluding tert-OH is 1. The van der Waals surface area contributed by atoms with Crippen LogP contribution in [-0.4, -0.2) is 17.3 Å². The lowest BCUT2D eigenvalue weighted by Crippen LogP contribution is -2.41. The molecule has 2 heteroatoms. The van der Waals surface area contributed by atoms with Gasteiger partial charge >= 0.3 is 0 Å². The molecule has 1 rings (SSSR count). The third-order valence-corrected chi connectivity index (χ3v) is 3.28. The largest absolute Gasteiger partial charge is 0.391 e. The van der Waals surface area contributed by atoms with E-state index in [0.717, 1.165) is 19.3 Å². The molecule has 90 valence electrons. The maximum Gasteiger partial charge on any atom is 0.0722 e. The molecule has 0 aliphatic carbocycles. The molecule has 0 heterocycles. The molecule has 0 radical (unpaired) electrons. The van der Waals surface area contributed by atoms with Crippen LogP contribution in [0.2, 0.25) is 0 Å². The summed E-state index contributed by atoms with van der Waals surface area (Å²) in [6.07, 6.45) is 2.33. The minimum Gasteiger partial charge on any atom is -0.391 e. The average molecular weight is 221 g/mol. The summed E-state index contributed by atoms with van der Waals surface area (Å²) >= 11 is 0. The van der Waals surface area contributed by atoms with E-state index in [2.05, 4.69) is 26.0 Å². The molecule has 0 bridgehead atoms. The molecule has 0 aliphatic rings. The summed E-state index contributed by atoms with van der Waals surface area (Å²) in [7, 11) is 0. The molecule has 0 saturated carbocycles. The van der Waals surface area contributed by atoms with Crippen molar-refractivity contribution < 1.29 is 5.11 Å². The van der Waals surface area contributed by atoms with E-state index in [1.165, 1.54) is 5.56 Å². The van der Waals surface area contributed by atoms with Gasteiger partial charge in [0.15, 0.2) is 0 Å². The highest BCUT2D eigenvalue weighted by atomic mass is 16.3. The molecule has 0 fully saturated rings. The first kappa shape index (κ1) is 13.2. The van der Waals surface area contributed by atoms with Gasteiger partial charge < -0.3 is 10.8 Å². The van der Waals surface area contributed by atoms with Gasteiger partial charge in [0.05, 0.1) is 6.10 Å². The van der Waals surface area contributed by atoms with Crippen LogP contribution in [0.25, 0.3) is 0 Å². The Labute approximate surface area is 98.5 Å². The highest BCUT2D eigenvalue weighted by Gasteiger charge is 2.22. The molecule has 2 atom stereocenters. The summed E-state index contributed by atoms with van der Waals surface area (Å²) in [4.78, 5) is 0. The summed E-state index contributed by atoms with van der Waals surface area (Å²) in [6.45, 7) is 4.21. The number of benzene rings is 1. The molecule has 2 nitrogen and oxygen atoms in total. The van der Waals surface area contributed by atoms with Crippen molar-refractivity contribution in [1.29, 1.82) is 0 Å². The van der Waals surface area contributed by atoms with E-state index >= 15 is 0 Å². The van der Waals surface area contributed by atoms with E-state index < -0.39 is 6.10 Å². The Morgan fingerprint density at radius 2 is 1.69 bits per heavy atom. The fourth-order valence-electron chi connectivity index (χ4n) is 2.13. The highest BCUT2D eigenvalue weighted by molar-refractivity contribution is 5.16. The predicted molar refractivity (Wildman–Crippen MR) is 68.2 cm³/mol. The van der Waals surface area contributed by atoms with Crippen LogP contribution in [-0.2, 0) is 6.42 Å². The normalized spacial score (nSPS) is 15.1. The molecule has 0 amide bonds. The molecule has 2 unspecified atom stereocenters. The summed E-state index contributed by atoms with van der Waals surface area (Å²) in [6, 6.07) is 9.95. The summed E-state index contributed by atoms with van der Waals surface area (Å²) in [5, 5.41) is 10.1. The third kappa shape index (κ3) is 3.62. The maximum atomic E-state index is 10.1. The fraction of sp³-hybridized carbons (Fsp3) is 0.571. The molecular weight excluding hydrogens is 198 g/mol. The lowest BCUT2D eigenvalue weighted by atomic mass is 9.89. The second-order valence-corrected chi connectivity index (χ2v) is 4.42. The Morgan fingerprint density at radius 1 is 1.12 bits per heavy atom. The number of hydrogen-bond acceptors (Lipinski definition) is 2. The van der Waals surface area contributed by atoms with Crippen molar-refractivity contribution in [1.82, 2.24) is 0 Å². The smallest absolute Gasteiger partial charge is 0.0722 e. The summed E-state index contributed by atoms with van der Waals surface area (Å²) in [5.41, 5.74) is 7.25. The van der Waals surface area contributed by atoms with Gasteiger partial charge in [-0.15, -0.1) is 0 Å². The van der Waals surface area contributed by atoms with E-state index in [4.69, 9.17) is 5.73 Å². The van der Waals surface area contributed by atoms with Crippen LogP contribution in [0.1, 0.15) is 32.3 Å². The monoisotopic (exact) mass is 221 g/mol. The molecule has 1 aromatic rings. The van der Waals surface area contributed by atoms with Gasteiger partial charge in [-0.25, -0.2) is 0 Å². The van der Waals surface area contributed by atoms with Crippen molar-refractivity contribution in [3.8, 4) is 0 Å². The third-order valence-electron chi connectivity index (χ3n) is 3.28. The number of nitrogens with two attached hydrogens (primary N) is 1. The van der Waals surface area contributed by atoms with Gasteiger partial charge in [-0.1, -0.05) is 57.0 Å². The molecule has 3 N–H and O–H groups in total. The molecule has 0 aliphatic heterocycles. The van der Waals surface area contributed by atoms with Crippen molar-refractivity contribution in [2.24, 2.45) is 11.7 Å². The van der Waals surface area contributed by atoms with Gasteiger partial charge in [0, 0.05) is 6.04 Å². The lowest BCUT2D eigenvalue weighted by molar-refractivity contribution is 0.0774. The van der Waals surface area contributed by atoms with Crippen molar-refractivity contribution in [2.45, 2.75) is 45.3 Å². The Hall–Kier alpha value is -0.860. The lowest BCUT2D eigenvalue weighted by Gasteiger charge is -2.26. The van der Waals surface area contributed by atoms with Crippen LogP contribution in [0.5, 0.6) is 0 Å². The quantitative estimate of drug-likeness (QED) is 0.774. The zero-order valence-corrected chi connectivity index (χ0v) is 10.3. The minimum absolute atomic E-state index is 0.160. The summed E-state index contributed by atoms with van der Waals surface area (Å²) < 4.78 is 0. The second kappa shape index (κ2) is 6.66. The fourth-order valence-corrected chi connectivity index (χ4v) is 2.13. The SMILES string of the molecule is CCC(CC)C(O)C(N)Cc1ccccc1. The maximum absolute atomic E-state index is 10.1. The van der Waals surface area contributed by atoms with Crippen molar-refractivity contribution >= 4 is 0 Å². The van der Waals surface area contributed by atoms with Crippen LogP contribution < -0.4 is 5.73 Å². The predicted octanol–water partition coefficient (Wildman–Crippen LogP) is 2.35. The van der Waals surface area contributed by atoms with Gasteiger partial charge in [0.25, 0.3) is 0 Å². The van der Waals surface area contributed by atoms with Crippen LogP contribution in [0, 0.1) is 5.92 Å². The molecule has 0 spiro atoms. The van der Waals surface area contributed by atoms with Crippen molar-refractivity contribution in [2.75, 3.05) is 0 Å². The average Bonchev–Trinajstić information content (AvgIpc) is 2.31. The Kier molecular flexibility index (Phi) is 5.50. The second-order valence-electron chi connectivity index (χ2n) is 4.42. The number of hydrogen-bond donors (Lipinski definition) is 2. The topological polar surface area (TPSA) is 46.2 Å². The zero-order chi connectivity index (χ0) is 12.0. The molecule has 0 saturated heterocycles. The zero-order valence-electron chi connectivity index (χ0n) is 10.3. The van der Waals surface area contributed by atoms with Gasteiger partial charge in [-0.05, 0) is 17.9 Å².